The summed E-state index contributed by atoms with van der Waals surface area (Å²) in [7, 11) is 1.33. The number of hydrogen-bond donors (Lipinski definition) is 1. The van der Waals surface area contributed by atoms with Crippen molar-refractivity contribution >= 4 is 0 Å². The molecule has 0 radical (unpaired) electrons. The van der Waals surface area contributed by atoms with E-state index in [1.807, 2.05) is 0 Å². The molecule has 0 aliphatic rings. The summed E-state index contributed by atoms with van der Waals surface area (Å²) in [5.41, 5.74) is 6.28. The number of aryl methyl sites for hydroxylation is 1. The molecule has 0 spiro atoms. The zero-order valence-electron chi connectivity index (χ0n) is 10.5. The molecule has 0 saturated heterocycles. The maximum Gasteiger partial charge on any atom is 0.267 e. The minimum absolute atomic E-state index is 0.0550. The third-order valence-corrected chi connectivity index (χ3v) is 2.70. The first-order valence-corrected chi connectivity index (χ1v) is 5.57. The average molecular weight is 269 g/mol. The van der Waals surface area contributed by atoms with Crippen LogP contribution in [0.4, 0.5) is 8.78 Å². The maximum absolute atomic E-state index is 12.9. The fourth-order valence-electron chi connectivity index (χ4n) is 1.81. The van der Waals surface area contributed by atoms with Crippen molar-refractivity contribution in [1.82, 2.24) is 10.1 Å². The molecule has 1 heterocycles. The van der Waals surface area contributed by atoms with Gasteiger partial charge in [-0.2, -0.15) is 4.98 Å². The maximum atomic E-state index is 12.9. The summed E-state index contributed by atoms with van der Waals surface area (Å²) in [6.07, 6.45) is -2.64. The Hall–Kier alpha value is -2.02. The molecule has 0 bridgehead atoms. The second-order valence-electron chi connectivity index (χ2n) is 3.90. The molecule has 0 saturated carbocycles. The van der Waals surface area contributed by atoms with E-state index in [4.69, 9.17) is 15.0 Å². The number of nitrogens with zero attached hydrogens (tertiary/aromatic N) is 2. The highest BCUT2D eigenvalue weighted by Gasteiger charge is 2.22. The Kier molecular flexibility index (Phi) is 3.75. The van der Waals surface area contributed by atoms with E-state index >= 15 is 0 Å². The molecule has 1 aromatic heterocycles. The van der Waals surface area contributed by atoms with Crippen LogP contribution in [0.5, 0.6) is 5.75 Å². The van der Waals surface area contributed by atoms with Crippen LogP contribution in [0.1, 0.15) is 23.4 Å². The highest BCUT2D eigenvalue weighted by molar-refractivity contribution is 5.70. The number of halogens is 2. The van der Waals surface area contributed by atoms with Crippen molar-refractivity contribution in [1.29, 1.82) is 0 Å². The lowest BCUT2D eigenvalue weighted by Gasteiger charge is -2.13. The van der Waals surface area contributed by atoms with Gasteiger partial charge in [-0.05, 0) is 18.6 Å². The van der Waals surface area contributed by atoms with Crippen LogP contribution >= 0.6 is 0 Å². The molecule has 19 heavy (non-hydrogen) atoms. The van der Waals surface area contributed by atoms with E-state index in [-0.39, 0.29) is 29.6 Å². The predicted octanol–water partition coefficient (Wildman–Crippen LogP) is 2.45. The number of benzene rings is 1. The summed E-state index contributed by atoms with van der Waals surface area (Å²) < 4.78 is 35.9. The van der Waals surface area contributed by atoms with Gasteiger partial charge in [0.1, 0.15) is 5.75 Å². The zero-order chi connectivity index (χ0) is 14.0. The van der Waals surface area contributed by atoms with Gasteiger partial charge in [0.15, 0.2) is 0 Å². The van der Waals surface area contributed by atoms with Gasteiger partial charge >= 0.3 is 0 Å². The lowest BCUT2D eigenvalue weighted by Crippen LogP contribution is -1.99. The molecule has 5 nitrogen and oxygen atoms in total. The van der Waals surface area contributed by atoms with Crippen molar-refractivity contribution in [3.8, 4) is 17.1 Å². The molecule has 102 valence electrons. The fraction of sp³-hybridized carbons (Fsp3) is 0.333. The van der Waals surface area contributed by atoms with Crippen LogP contribution in [0.15, 0.2) is 16.7 Å². The van der Waals surface area contributed by atoms with Crippen molar-refractivity contribution in [3.05, 3.63) is 29.2 Å². The normalized spacial score (nSPS) is 11.1. The number of aromatic nitrogens is 2. The van der Waals surface area contributed by atoms with Crippen LogP contribution in [0.3, 0.4) is 0 Å². The van der Waals surface area contributed by atoms with E-state index in [9.17, 15) is 8.78 Å². The lowest BCUT2D eigenvalue weighted by atomic mass is 10.0. The SMILES string of the molecule is COc1c(C(F)F)ccc(C)c1-c1noc(CN)n1. The second kappa shape index (κ2) is 5.31. The molecule has 0 unspecified atom stereocenters. The Labute approximate surface area is 108 Å². The molecule has 0 aliphatic carbocycles. The minimum atomic E-state index is -2.64. The van der Waals surface area contributed by atoms with Gasteiger partial charge in [0, 0.05) is 0 Å². The Bertz CT molecular complexity index is 584. The molecule has 2 rings (SSSR count). The van der Waals surface area contributed by atoms with Crippen molar-refractivity contribution in [3.63, 3.8) is 0 Å². The van der Waals surface area contributed by atoms with Crippen LogP contribution in [-0.4, -0.2) is 17.3 Å². The van der Waals surface area contributed by atoms with Gasteiger partial charge < -0.3 is 15.0 Å². The molecule has 0 aliphatic heterocycles. The standard InChI is InChI=1S/C12H13F2N3O2/c1-6-3-4-7(11(13)14)10(18-2)9(6)12-16-8(5-15)19-17-12/h3-4,11H,5,15H2,1-2H3. The molecule has 2 N–H and O–H groups in total. The van der Waals surface area contributed by atoms with Crippen LogP contribution in [-0.2, 0) is 6.54 Å². The van der Waals surface area contributed by atoms with Crippen molar-refractivity contribution in [2.45, 2.75) is 19.9 Å². The molecule has 0 atom stereocenters. The van der Waals surface area contributed by atoms with Crippen molar-refractivity contribution < 1.29 is 18.0 Å². The summed E-state index contributed by atoms with van der Waals surface area (Å²) in [6, 6.07) is 2.89. The lowest BCUT2D eigenvalue weighted by molar-refractivity contribution is 0.147. The van der Waals surface area contributed by atoms with Gasteiger partial charge in [0.2, 0.25) is 11.7 Å². The van der Waals surface area contributed by atoms with Gasteiger partial charge in [-0.25, -0.2) is 8.78 Å². The van der Waals surface area contributed by atoms with E-state index in [1.54, 1.807) is 13.0 Å². The van der Waals surface area contributed by atoms with Gasteiger partial charge in [0.05, 0.1) is 24.8 Å². The quantitative estimate of drug-likeness (QED) is 0.922. The number of alkyl halides is 2. The molecular weight excluding hydrogens is 256 g/mol. The monoisotopic (exact) mass is 269 g/mol. The summed E-state index contributed by atoms with van der Waals surface area (Å²) >= 11 is 0. The number of rotatable bonds is 4. The van der Waals surface area contributed by atoms with E-state index < -0.39 is 6.43 Å². The number of ether oxygens (including phenoxy) is 1. The van der Waals surface area contributed by atoms with Crippen LogP contribution in [0, 0.1) is 6.92 Å². The van der Waals surface area contributed by atoms with Crippen LogP contribution in [0.25, 0.3) is 11.4 Å². The van der Waals surface area contributed by atoms with E-state index in [0.29, 0.717) is 11.1 Å². The largest absolute Gasteiger partial charge is 0.495 e. The van der Waals surface area contributed by atoms with E-state index in [1.165, 1.54) is 13.2 Å². The number of nitrogens with two attached hydrogens (primary N) is 1. The Morgan fingerprint density at radius 1 is 1.42 bits per heavy atom. The summed E-state index contributed by atoms with van der Waals surface area (Å²) in [5.74, 6) is 0.482. The third kappa shape index (κ3) is 2.41. The summed E-state index contributed by atoms with van der Waals surface area (Å²) in [5, 5.41) is 3.74. The highest BCUT2D eigenvalue weighted by Crippen LogP contribution is 2.38. The van der Waals surface area contributed by atoms with Gasteiger partial charge in [-0.1, -0.05) is 11.2 Å². The van der Waals surface area contributed by atoms with Crippen LogP contribution < -0.4 is 10.5 Å². The molecule has 2 aromatic rings. The molecular formula is C12H13F2N3O2. The van der Waals surface area contributed by atoms with Crippen LogP contribution in [0.2, 0.25) is 0 Å². The van der Waals surface area contributed by atoms with E-state index in [2.05, 4.69) is 10.1 Å². The second-order valence-corrected chi connectivity index (χ2v) is 3.90. The first-order chi connectivity index (χ1) is 9.08. The third-order valence-electron chi connectivity index (χ3n) is 2.70. The van der Waals surface area contributed by atoms with Crippen molar-refractivity contribution in [2.24, 2.45) is 5.73 Å². The smallest absolute Gasteiger partial charge is 0.267 e. The molecule has 0 amide bonds. The zero-order valence-corrected chi connectivity index (χ0v) is 10.5. The van der Waals surface area contributed by atoms with Gasteiger partial charge in [-0.15, -0.1) is 0 Å². The molecule has 7 heteroatoms. The molecule has 1 aromatic carbocycles. The fourth-order valence-corrected chi connectivity index (χ4v) is 1.81. The Morgan fingerprint density at radius 3 is 2.68 bits per heavy atom. The number of hydrogen-bond acceptors (Lipinski definition) is 5. The number of methoxy groups -OCH3 is 1. The predicted molar refractivity (Wildman–Crippen MR) is 63.9 cm³/mol. The topological polar surface area (TPSA) is 74.2 Å². The first-order valence-electron chi connectivity index (χ1n) is 5.57. The van der Waals surface area contributed by atoms with Crippen molar-refractivity contribution in [2.75, 3.05) is 7.11 Å². The molecule has 0 fully saturated rings. The summed E-state index contributed by atoms with van der Waals surface area (Å²) in [4.78, 5) is 4.04. The Morgan fingerprint density at radius 2 is 2.16 bits per heavy atom. The minimum Gasteiger partial charge on any atom is -0.495 e. The average Bonchev–Trinajstić information content (AvgIpc) is 2.86. The first kappa shape index (κ1) is 13.4. The highest BCUT2D eigenvalue weighted by atomic mass is 19.3. The van der Waals surface area contributed by atoms with E-state index in [0.717, 1.165) is 0 Å². The Balaban J connectivity index is 2.63. The van der Waals surface area contributed by atoms with Gasteiger partial charge in [0.25, 0.3) is 6.43 Å². The van der Waals surface area contributed by atoms with Gasteiger partial charge in [-0.3, -0.25) is 0 Å². The summed E-state index contributed by atoms with van der Waals surface area (Å²) in [6.45, 7) is 1.84.